The first kappa shape index (κ1) is 61.6. The van der Waals surface area contributed by atoms with E-state index >= 15 is 0 Å². The molecule has 0 aromatic rings. The zero-order valence-corrected chi connectivity index (χ0v) is 42.8. The second-order valence-corrected chi connectivity index (χ2v) is 18.9. The molecular formula is C58H106O6. The lowest BCUT2D eigenvalue weighted by Crippen LogP contribution is -2.30. The minimum Gasteiger partial charge on any atom is -0.462 e. The SMILES string of the molecule is CCCCCCC/C=C\C/C=C\C/C=C\CCCCCCCCCCC(=O)OCC(COC(=O)CCCCCCCCCCC)OC(=O)CCCCCCCCCCCCCCCC. The molecule has 1 atom stereocenters. The van der Waals surface area contributed by atoms with Gasteiger partial charge in [-0.05, 0) is 57.8 Å². The summed E-state index contributed by atoms with van der Waals surface area (Å²) in [6.45, 7) is 6.63. The molecule has 0 aromatic heterocycles. The third-order valence-electron chi connectivity index (χ3n) is 12.4. The van der Waals surface area contributed by atoms with Crippen LogP contribution in [0, 0.1) is 0 Å². The summed E-state index contributed by atoms with van der Waals surface area (Å²) < 4.78 is 16.8. The lowest BCUT2D eigenvalue weighted by atomic mass is 10.0. The van der Waals surface area contributed by atoms with E-state index in [1.54, 1.807) is 0 Å². The molecule has 0 N–H and O–H groups in total. The van der Waals surface area contributed by atoms with Gasteiger partial charge in [0.05, 0.1) is 0 Å². The smallest absolute Gasteiger partial charge is 0.306 e. The van der Waals surface area contributed by atoms with Crippen LogP contribution in [0.5, 0.6) is 0 Å². The van der Waals surface area contributed by atoms with E-state index in [0.717, 1.165) is 77.0 Å². The van der Waals surface area contributed by atoms with Crippen LogP contribution in [0.25, 0.3) is 0 Å². The van der Waals surface area contributed by atoms with Crippen LogP contribution in [-0.2, 0) is 28.6 Å². The molecule has 6 heteroatoms. The number of ether oxygens (including phenoxy) is 3. The molecule has 0 amide bonds. The van der Waals surface area contributed by atoms with Gasteiger partial charge in [0, 0.05) is 19.3 Å². The standard InChI is InChI=1S/C58H106O6/c1-4-7-10-13-16-19-21-23-25-26-27-28-29-30-31-32-33-35-36-39-42-45-48-51-57(60)63-54-55(53-62-56(59)50-47-44-41-38-18-15-12-9-6-3)64-58(61)52-49-46-43-40-37-34-24-22-20-17-14-11-8-5-2/h21,23,26-27,29-30,55H,4-20,22,24-25,28,31-54H2,1-3H3/b23-21-,27-26-,30-29-. The number of hydrogen-bond donors (Lipinski definition) is 0. The Kier molecular flexibility index (Phi) is 51.3. The van der Waals surface area contributed by atoms with Crippen molar-refractivity contribution in [2.24, 2.45) is 0 Å². The number of hydrogen-bond acceptors (Lipinski definition) is 6. The molecule has 0 saturated carbocycles. The van der Waals surface area contributed by atoms with E-state index in [-0.39, 0.29) is 31.1 Å². The first-order chi connectivity index (χ1) is 31.5. The fraction of sp³-hybridized carbons (Fsp3) is 0.845. The van der Waals surface area contributed by atoms with Gasteiger partial charge in [-0.2, -0.15) is 0 Å². The van der Waals surface area contributed by atoms with Gasteiger partial charge in [-0.15, -0.1) is 0 Å². The highest BCUT2D eigenvalue weighted by Gasteiger charge is 2.19. The minimum absolute atomic E-state index is 0.0703. The summed E-state index contributed by atoms with van der Waals surface area (Å²) in [4.78, 5) is 38.0. The van der Waals surface area contributed by atoms with Crippen LogP contribution >= 0.6 is 0 Å². The molecule has 0 spiro atoms. The Morgan fingerprint density at radius 2 is 0.562 bits per heavy atom. The third kappa shape index (κ3) is 50.6. The van der Waals surface area contributed by atoms with E-state index in [4.69, 9.17) is 14.2 Å². The van der Waals surface area contributed by atoms with Gasteiger partial charge < -0.3 is 14.2 Å². The van der Waals surface area contributed by atoms with Gasteiger partial charge in [-0.1, -0.05) is 256 Å². The summed E-state index contributed by atoms with van der Waals surface area (Å²) in [5, 5.41) is 0. The molecule has 0 aliphatic heterocycles. The predicted octanol–water partition coefficient (Wildman–Crippen LogP) is 18.5. The van der Waals surface area contributed by atoms with Crippen molar-refractivity contribution in [2.45, 2.75) is 303 Å². The average molecular weight is 899 g/mol. The van der Waals surface area contributed by atoms with Crippen molar-refractivity contribution < 1.29 is 28.6 Å². The van der Waals surface area contributed by atoms with Gasteiger partial charge in [-0.25, -0.2) is 0 Å². The van der Waals surface area contributed by atoms with E-state index in [1.807, 2.05) is 0 Å². The van der Waals surface area contributed by atoms with Crippen LogP contribution in [0.15, 0.2) is 36.5 Å². The van der Waals surface area contributed by atoms with E-state index in [1.165, 1.54) is 180 Å². The van der Waals surface area contributed by atoms with Gasteiger partial charge in [0.2, 0.25) is 0 Å². The molecule has 64 heavy (non-hydrogen) atoms. The van der Waals surface area contributed by atoms with Crippen molar-refractivity contribution in [1.29, 1.82) is 0 Å². The zero-order valence-electron chi connectivity index (χ0n) is 42.8. The fourth-order valence-electron chi connectivity index (χ4n) is 8.16. The molecule has 0 rings (SSSR count). The van der Waals surface area contributed by atoms with Crippen LogP contribution < -0.4 is 0 Å². The second kappa shape index (κ2) is 53.2. The summed E-state index contributed by atoms with van der Waals surface area (Å²) in [5.74, 6) is -0.866. The van der Waals surface area contributed by atoms with E-state index in [0.29, 0.717) is 19.3 Å². The van der Waals surface area contributed by atoms with Crippen molar-refractivity contribution in [2.75, 3.05) is 13.2 Å². The Morgan fingerprint density at radius 3 is 0.875 bits per heavy atom. The predicted molar refractivity (Wildman–Crippen MR) is 275 cm³/mol. The van der Waals surface area contributed by atoms with Gasteiger partial charge in [0.25, 0.3) is 0 Å². The monoisotopic (exact) mass is 899 g/mol. The van der Waals surface area contributed by atoms with Crippen molar-refractivity contribution in [3.63, 3.8) is 0 Å². The molecule has 374 valence electrons. The molecule has 1 unspecified atom stereocenters. The van der Waals surface area contributed by atoms with E-state index in [9.17, 15) is 14.4 Å². The van der Waals surface area contributed by atoms with Crippen LogP contribution in [0.1, 0.15) is 297 Å². The number of allylic oxidation sites excluding steroid dienone is 6. The molecule has 0 radical (unpaired) electrons. The first-order valence-electron chi connectivity index (χ1n) is 28.0. The van der Waals surface area contributed by atoms with Crippen molar-refractivity contribution in [1.82, 2.24) is 0 Å². The van der Waals surface area contributed by atoms with Crippen LogP contribution in [-0.4, -0.2) is 37.2 Å². The topological polar surface area (TPSA) is 78.9 Å². The molecule has 0 aliphatic rings. The number of rotatable bonds is 51. The number of carbonyl (C=O) groups is 3. The Labute approximate surface area is 397 Å². The summed E-state index contributed by atoms with van der Waals surface area (Å²) in [6.07, 6.45) is 62.8. The molecule has 6 nitrogen and oxygen atoms in total. The third-order valence-corrected chi connectivity index (χ3v) is 12.4. The quantitative estimate of drug-likeness (QED) is 0.0262. The molecule has 0 saturated heterocycles. The molecule has 0 aliphatic carbocycles. The summed E-state index contributed by atoms with van der Waals surface area (Å²) in [5.41, 5.74) is 0. The Hall–Kier alpha value is -2.37. The number of esters is 3. The normalized spacial score (nSPS) is 12.2. The summed E-state index contributed by atoms with van der Waals surface area (Å²) in [7, 11) is 0. The lowest BCUT2D eigenvalue weighted by molar-refractivity contribution is -0.167. The maximum atomic E-state index is 12.8. The number of carbonyl (C=O) groups excluding carboxylic acids is 3. The van der Waals surface area contributed by atoms with E-state index < -0.39 is 6.10 Å². The largest absolute Gasteiger partial charge is 0.462 e. The van der Waals surface area contributed by atoms with Crippen LogP contribution in [0.4, 0.5) is 0 Å². The maximum Gasteiger partial charge on any atom is 0.306 e. The fourth-order valence-corrected chi connectivity index (χ4v) is 8.16. The number of unbranched alkanes of at least 4 members (excludes halogenated alkanes) is 34. The van der Waals surface area contributed by atoms with Crippen molar-refractivity contribution in [3.05, 3.63) is 36.5 Å². The van der Waals surface area contributed by atoms with Crippen molar-refractivity contribution >= 4 is 17.9 Å². The van der Waals surface area contributed by atoms with Gasteiger partial charge in [0.1, 0.15) is 13.2 Å². The Balaban J connectivity index is 4.23. The van der Waals surface area contributed by atoms with Gasteiger partial charge >= 0.3 is 17.9 Å². The maximum absolute atomic E-state index is 12.8. The first-order valence-corrected chi connectivity index (χ1v) is 28.0. The highest BCUT2D eigenvalue weighted by molar-refractivity contribution is 5.71. The Morgan fingerprint density at radius 1 is 0.312 bits per heavy atom. The molecule has 0 fully saturated rings. The van der Waals surface area contributed by atoms with Crippen LogP contribution in [0.2, 0.25) is 0 Å². The summed E-state index contributed by atoms with van der Waals surface area (Å²) >= 11 is 0. The second-order valence-electron chi connectivity index (χ2n) is 18.9. The van der Waals surface area contributed by atoms with Gasteiger partial charge in [0.15, 0.2) is 6.10 Å². The van der Waals surface area contributed by atoms with Crippen molar-refractivity contribution in [3.8, 4) is 0 Å². The average Bonchev–Trinajstić information content (AvgIpc) is 3.29. The minimum atomic E-state index is -0.769. The highest BCUT2D eigenvalue weighted by Crippen LogP contribution is 2.16. The molecule has 0 aromatic carbocycles. The van der Waals surface area contributed by atoms with E-state index in [2.05, 4.69) is 57.2 Å². The Bertz CT molecular complexity index is 1080. The van der Waals surface area contributed by atoms with Gasteiger partial charge in [-0.3, -0.25) is 14.4 Å². The summed E-state index contributed by atoms with van der Waals surface area (Å²) in [6, 6.07) is 0. The molecule has 0 bridgehead atoms. The lowest BCUT2D eigenvalue weighted by Gasteiger charge is -2.18. The van der Waals surface area contributed by atoms with Crippen LogP contribution in [0.3, 0.4) is 0 Å². The molecular weight excluding hydrogens is 793 g/mol. The highest BCUT2D eigenvalue weighted by atomic mass is 16.6. The zero-order chi connectivity index (χ0) is 46.5. The molecule has 0 heterocycles.